The summed E-state index contributed by atoms with van der Waals surface area (Å²) >= 11 is 11.6. The number of benzene rings is 2. The van der Waals surface area contributed by atoms with Gasteiger partial charge in [0.1, 0.15) is 0 Å². The molecule has 0 bridgehead atoms. The van der Waals surface area contributed by atoms with Gasteiger partial charge in [0.15, 0.2) is 5.78 Å². The minimum absolute atomic E-state index is 0.0212. The lowest BCUT2D eigenvalue weighted by atomic mass is 10.1. The molecule has 136 valence electrons. The first-order valence-electron chi connectivity index (χ1n) is 6.86. The van der Waals surface area contributed by atoms with Crippen molar-refractivity contribution in [2.75, 3.05) is 4.72 Å². The molecule has 0 saturated carbocycles. The molecule has 7 nitrogen and oxygen atoms in total. The molecule has 0 spiro atoms. The van der Waals surface area contributed by atoms with Crippen LogP contribution >= 0.6 is 23.2 Å². The van der Waals surface area contributed by atoms with Gasteiger partial charge in [0.25, 0.3) is 10.0 Å². The largest absolute Gasteiger partial charge is 0.502 e. The molecular formula is C16H11Cl2NO6S. The molecule has 0 fully saturated rings. The molecule has 0 aromatic heterocycles. The normalized spacial score (nSPS) is 11.8. The number of hydrogen-bond acceptors (Lipinski definition) is 5. The van der Waals surface area contributed by atoms with Crippen molar-refractivity contribution in [3.05, 3.63) is 69.9 Å². The summed E-state index contributed by atoms with van der Waals surface area (Å²) in [6.07, 6.45) is 0.523. The second kappa shape index (κ2) is 7.77. The van der Waals surface area contributed by atoms with Crippen LogP contribution in [-0.2, 0) is 14.8 Å². The Morgan fingerprint density at radius 2 is 1.69 bits per heavy atom. The van der Waals surface area contributed by atoms with Gasteiger partial charge in [-0.1, -0.05) is 35.3 Å². The Morgan fingerprint density at radius 3 is 2.31 bits per heavy atom. The van der Waals surface area contributed by atoms with Crippen molar-refractivity contribution in [3.8, 4) is 0 Å². The number of rotatable bonds is 6. The van der Waals surface area contributed by atoms with Gasteiger partial charge in [0, 0.05) is 17.3 Å². The van der Waals surface area contributed by atoms with Gasteiger partial charge in [-0.15, -0.1) is 0 Å². The fourth-order valence-corrected chi connectivity index (χ4v) is 3.30. The molecule has 0 unspecified atom stereocenters. The highest BCUT2D eigenvalue weighted by Gasteiger charge is 2.17. The van der Waals surface area contributed by atoms with Crippen molar-refractivity contribution in [2.24, 2.45) is 0 Å². The van der Waals surface area contributed by atoms with E-state index in [1.54, 1.807) is 0 Å². The molecule has 0 radical (unpaired) electrons. The van der Waals surface area contributed by atoms with E-state index in [1.165, 1.54) is 42.5 Å². The fourth-order valence-electron chi connectivity index (χ4n) is 1.86. The maximum absolute atomic E-state index is 12.4. The average Bonchev–Trinajstić information content (AvgIpc) is 2.56. The van der Waals surface area contributed by atoms with Crippen LogP contribution in [0.2, 0.25) is 10.0 Å². The number of hydrogen-bond donors (Lipinski definition) is 3. The average molecular weight is 416 g/mol. The van der Waals surface area contributed by atoms with Crippen molar-refractivity contribution >= 4 is 50.7 Å². The number of carbonyl (C=O) groups is 2. The highest BCUT2D eigenvalue weighted by atomic mass is 35.5. The van der Waals surface area contributed by atoms with Crippen LogP contribution < -0.4 is 4.72 Å². The van der Waals surface area contributed by atoms with Crippen LogP contribution in [0.25, 0.3) is 0 Å². The van der Waals surface area contributed by atoms with Gasteiger partial charge in [0.05, 0.1) is 14.9 Å². The van der Waals surface area contributed by atoms with E-state index < -0.39 is 27.5 Å². The summed E-state index contributed by atoms with van der Waals surface area (Å²) in [6.45, 7) is 0. The minimum Gasteiger partial charge on any atom is -0.502 e. The number of carbonyl (C=O) groups excluding carboxylic acids is 1. The zero-order chi connectivity index (χ0) is 19.5. The van der Waals surface area contributed by atoms with Gasteiger partial charge >= 0.3 is 5.97 Å². The molecule has 0 heterocycles. The van der Waals surface area contributed by atoms with Crippen molar-refractivity contribution in [1.29, 1.82) is 0 Å². The van der Waals surface area contributed by atoms with Crippen LogP contribution in [0.3, 0.4) is 0 Å². The first kappa shape index (κ1) is 19.8. The van der Waals surface area contributed by atoms with Gasteiger partial charge in [-0.2, -0.15) is 0 Å². The van der Waals surface area contributed by atoms with E-state index in [2.05, 4.69) is 4.72 Å². The van der Waals surface area contributed by atoms with Crippen LogP contribution in [0.1, 0.15) is 10.4 Å². The molecule has 0 atom stereocenters. The van der Waals surface area contributed by atoms with Crippen LogP contribution in [0, 0.1) is 0 Å². The number of carboxylic acid groups (broad SMARTS) is 1. The Kier molecular flexibility index (Phi) is 5.91. The van der Waals surface area contributed by atoms with Crippen molar-refractivity contribution in [1.82, 2.24) is 0 Å². The number of aliphatic carboxylic acids is 1. The third kappa shape index (κ3) is 4.75. The standard InChI is InChI=1S/C16H11Cl2NO6S/c17-12-5-4-11(7-13(12)18)26(24,25)19-10-3-1-2-9(6-10)14(20)8-15(21)16(22)23/h1-8,19,21H,(H,22,23). The van der Waals surface area contributed by atoms with Gasteiger partial charge in [-0.25, -0.2) is 13.2 Å². The highest BCUT2D eigenvalue weighted by molar-refractivity contribution is 7.92. The lowest BCUT2D eigenvalue weighted by Crippen LogP contribution is -2.13. The monoisotopic (exact) mass is 415 g/mol. The van der Waals surface area contributed by atoms with Crippen molar-refractivity contribution < 1.29 is 28.2 Å². The summed E-state index contributed by atoms with van der Waals surface area (Å²) in [6, 6.07) is 9.10. The third-order valence-corrected chi connectivity index (χ3v) is 5.21. The second-order valence-electron chi connectivity index (χ2n) is 4.96. The van der Waals surface area contributed by atoms with E-state index >= 15 is 0 Å². The molecule has 2 aromatic rings. The van der Waals surface area contributed by atoms with E-state index in [0.717, 1.165) is 0 Å². The number of ketones is 1. The maximum atomic E-state index is 12.4. The Hall–Kier alpha value is -2.55. The van der Waals surface area contributed by atoms with Crippen LogP contribution in [0.5, 0.6) is 0 Å². The molecule has 10 heteroatoms. The van der Waals surface area contributed by atoms with E-state index in [0.29, 0.717) is 6.08 Å². The second-order valence-corrected chi connectivity index (χ2v) is 7.46. The quantitative estimate of drug-likeness (QED) is 0.377. The summed E-state index contributed by atoms with van der Waals surface area (Å²) in [4.78, 5) is 22.3. The lowest BCUT2D eigenvalue weighted by Gasteiger charge is -2.09. The van der Waals surface area contributed by atoms with Gasteiger partial charge in [0.2, 0.25) is 5.76 Å². The summed E-state index contributed by atoms with van der Waals surface area (Å²) in [7, 11) is -3.99. The predicted octanol–water partition coefficient (Wildman–Crippen LogP) is 3.50. The molecular weight excluding hydrogens is 405 g/mol. The number of carboxylic acids is 1. The van der Waals surface area contributed by atoms with Crippen molar-refractivity contribution in [3.63, 3.8) is 0 Å². The minimum atomic E-state index is -3.99. The SMILES string of the molecule is O=C(O)C(O)=CC(=O)c1cccc(NS(=O)(=O)c2ccc(Cl)c(Cl)c2)c1. The Balaban J connectivity index is 2.30. The zero-order valence-corrected chi connectivity index (χ0v) is 15.1. The fraction of sp³-hybridized carbons (Fsp3) is 0. The van der Waals surface area contributed by atoms with E-state index in [9.17, 15) is 18.0 Å². The van der Waals surface area contributed by atoms with E-state index in [-0.39, 0.29) is 26.2 Å². The topological polar surface area (TPSA) is 121 Å². The number of sulfonamides is 1. The van der Waals surface area contributed by atoms with Gasteiger partial charge in [-0.05, 0) is 30.3 Å². The molecule has 3 N–H and O–H groups in total. The maximum Gasteiger partial charge on any atom is 0.371 e. The first-order chi connectivity index (χ1) is 12.1. The third-order valence-electron chi connectivity index (χ3n) is 3.09. The summed E-state index contributed by atoms with van der Waals surface area (Å²) in [5.41, 5.74) is 0.0391. The molecule has 0 aliphatic heterocycles. The van der Waals surface area contributed by atoms with Crippen molar-refractivity contribution in [2.45, 2.75) is 4.90 Å². The summed E-state index contributed by atoms with van der Waals surface area (Å²) in [5.74, 6) is -3.59. The molecule has 0 saturated heterocycles. The lowest BCUT2D eigenvalue weighted by molar-refractivity contribution is -0.135. The number of halogens is 2. The molecule has 0 aliphatic carbocycles. The Bertz CT molecular complexity index is 1020. The predicted molar refractivity (Wildman–Crippen MR) is 96.4 cm³/mol. The highest BCUT2D eigenvalue weighted by Crippen LogP contribution is 2.26. The zero-order valence-electron chi connectivity index (χ0n) is 12.8. The first-order valence-corrected chi connectivity index (χ1v) is 9.10. The number of nitrogens with one attached hydrogen (secondary N) is 1. The van der Waals surface area contributed by atoms with E-state index in [4.69, 9.17) is 33.4 Å². The number of anilines is 1. The smallest absolute Gasteiger partial charge is 0.371 e. The molecule has 0 aliphatic rings. The molecule has 2 rings (SSSR count). The van der Waals surface area contributed by atoms with Crippen LogP contribution in [-0.4, -0.2) is 30.4 Å². The Morgan fingerprint density at radius 1 is 1.00 bits per heavy atom. The summed E-state index contributed by atoms with van der Waals surface area (Å²) in [5, 5.41) is 17.9. The summed E-state index contributed by atoms with van der Waals surface area (Å²) < 4.78 is 27.0. The number of aliphatic hydroxyl groups excluding tert-OH is 1. The Labute approximate surface area is 158 Å². The molecule has 2 aromatic carbocycles. The van der Waals surface area contributed by atoms with Crippen LogP contribution in [0.15, 0.2) is 59.2 Å². The van der Waals surface area contributed by atoms with Crippen LogP contribution in [0.4, 0.5) is 5.69 Å². The van der Waals surface area contributed by atoms with Gasteiger partial charge in [-0.3, -0.25) is 9.52 Å². The molecule has 0 amide bonds. The molecule has 26 heavy (non-hydrogen) atoms. The van der Waals surface area contributed by atoms with Gasteiger partial charge < -0.3 is 10.2 Å². The van der Waals surface area contributed by atoms with E-state index in [1.807, 2.05) is 0 Å². The number of allylic oxidation sites excluding steroid dienone is 1. The number of aliphatic hydroxyl groups is 1.